The van der Waals surface area contributed by atoms with Crippen molar-refractivity contribution in [3.63, 3.8) is 0 Å². The smallest absolute Gasteiger partial charge is 0.251 e. The van der Waals surface area contributed by atoms with Crippen molar-refractivity contribution in [2.45, 2.75) is 32.2 Å². The summed E-state index contributed by atoms with van der Waals surface area (Å²) in [6.07, 6.45) is 3.46. The minimum Gasteiger partial charge on any atom is -0.384 e. The van der Waals surface area contributed by atoms with Crippen LogP contribution in [0.3, 0.4) is 0 Å². The van der Waals surface area contributed by atoms with E-state index in [2.05, 4.69) is 22.5 Å². The number of likely N-dealkylation sites (tertiary alicyclic amines) is 1. The van der Waals surface area contributed by atoms with Crippen LogP contribution in [0.1, 0.15) is 35.7 Å². The van der Waals surface area contributed by atoms with Crippen molar-refractivity contribution in [2.24, 2.45) is 0 Å². The number of rotatable bonds is 4. The van der Waals surface area contributed by atoms with Gasteiger partial charge in [-0.3, -0.25) is 9.69 Å². The maximum absolute atomic E-state index is 12.2. The molecule has 0 spiro atoms. The number of anilines is 1. The van der Waals surface area contributed by atoms with Crippen LogP contribution in [0.4, 0.5) is 5.69 Å². The molecule has 20 heavy (non-hydrogen) atoms. The fraction of sp³-hybridized carbons (Fsp3) is 0.562. The summed E-state index contributed by atoms with van der Waals surface area (Å²) < 4.78 is 0. The molecule has 0 radical (unpaired) electrons. The SMILES string of the molecule is CCN1CCCC1CNC(=O)c1ccc2c(c1)CCN2. The van der Waals surface area contributed by atoms with Gasteiger partial charge in [0.1, 0.15) is 0 Å². The summed E-state index contributed by atoms with van der Waals surface area (Å²) in [5.74, 6) is 0.0580. The lowest BCUT2D eigenvalue weighted by Gasteiger charge is -2.22. The van der Waals surface area contributed by atoms with Gasteiger partial charge >= 0.3 is 0 Å². The fourth-order valence-corrected chi connectivity index (χ4v) is 3.30. The van der Waals surface area contributed by atoms with Crippen LogP contribution >= 0.6 is 0 Å². The molecule has 1 unspecified atom stereocenters. The second kappa shape index (κ2) is 5.83. The first-order valence-electron chi connectivity index (χ1n) is 7.67. The molecule has 3 rings (SSSR count). The molecular weight excluding hydrogens is 250 g/mol. The number of benzene rings is 1. The lowest BCUT2D eigenvalue weighted by atomic mass is 10.1. The lowest BCUT2D eigenvalue weighted by Crippen LogP contribution is -2.40. The number of carbonyl (C=O) groups excluding carboxylic acids is 1. The zero-order valence-electron chi connectivity index (χ0n) is 12.1. The monoisotopic (exact) mass is 273 g/mol. The van der Waals surface area contributed by atoms with Gasteiger partial charge in [-0.05, 0) is 56.1 Å². The van der Waals surface area contributed by atoms with Crippen LogP contribution < -0.4 is 10.6 Å². The van der Waals surface area contributed by atoms with E-state index in [1.807, 2.05) is 18.2 Å². The molecule has 1 fully saturated rings. The van der Waals surface area contributed by atoms with Gasteiger partial charge in [0.05, 0.1) is 0 Å². The third-order valence-corrected chi connectivity index (χ3v) is 4.48. The average Bonchev–Trinajstić information content (AvgIpc) is 3.12. The molecule has 1 aromatic rings. The van der Waals surface area contributed by atoms with Gasteiger partial charge in [0.25, 0.3) is 5.91 Å². The Morgan fingerprint density at radius 1 is 1.50 bits per heavy atom. The first kappa shape index (κ1) is 13.4. The quantitative estimate of drug-likeness (QED) is 0.880. The first-order chi connectivity index (χ1) is 9.78. The van der Waals surface area contributed by atoms with E-state index in [1.165, 1.54) is 30.6 Å². The van der Waals surface area contributed by atoms with E-state index in [0.717, 1.165) is 31.6 Å². The third-order valence-electron chi connectivity index (χ3n) is 4.48. The van der Waals surface area contributed by atoms with Crippen LogP contribution in [-0.2, 0) is 6.42 Å². The third kappa shape index (κ3) is 2.66. The summed E-state index contributed by atoms with van der Waals surface area (Å²) in [4.78, 5) is 14.7. The highest BCUT2D eigenvalue weighted by molar-refractivity contribution is 5.95. The second-order valence-corrected chi connectivity index (χ2v) is 5.68. The van der Waals surface area contributed by atoms with Crippen molar-refractivity contribution in [1.82, 2.24) is 10.2 Å². The van der Waals surface area contributed by atoms with Crippen molar-refractivity contribution in [2.75, 3.05) is 31.5 Å². The van der Waals surface area contributed by atoms with Crippen molar-refractivity contribution in [1.29, 1.82) is 0 Å². The minimum absolute atomic E-state index is 0.0580. The molecule has 0 saturated carbocycles. The fourth-order valence-electron chi connectivity index (χ4n) is 3.30. The number of nitrogens with one attached hydrogen (secondary N) is 2. The molecule has 2 aliphatic rings. The van der Waals surface area contributed by atoms with Crippen LogP contribution in [0.2, 0.25) is 0 Å². The highest BCUT2D eigenvalue weighted by atomic mass is 16.1. The molecule has 1 aromatic carbocycles. The van der Waals surface area contributed by atoms with E-state index in [4.69, 9.17) is 0 Å². The Hall–Kier alpha value is -1.55. The van der Waals surface area contributed by atoms with Crippen LogP contribution in [-0.4, -0.2) is 43.0 Å². The lowest BCUT2D eigenvalue weighted by molar-refractivity contribution is 0.0941. The van der Waals surface area contributed by atoms with Gasteiger partial charge in [-0.15, -0.1) is 0 Å². The zero-order chi connectivity index (χ0) is 13.9. The average molecular weight is 273 g/mol. The van der Waals surface area contributed by atoms with Gasteiger partial charge in [0.2, 0.25) is 0 Å². The number of hydrogen-bond acceptors (Lipinski definition) is 3. The predicted octanol–water partition coefficient (Wildman–Crippen LogP) is 1.87. The highest BCUT2D eigenvalue weighted by Crippen LogP contribution is 2.23. The van der Waals surface area contributed by atoms with Crippen LogP contribution in [0.25, 0.3) is 0 Å². The second-order valence-electron chi connectivity index (χ2n) is 5.68. The zero-order valence-corrected chi connectivity index (χ0v) is 12.1. The molecule has 1 amide bonds. The minimum atomic E-state index is 0.0580. The molecule has 0 aromatic heterocycles. The molecule has 2 N–H and O–H groups in total. The molecule has 0 aliphatic carbocycles. The number of likely N-dealkylation sites (N-methyl/N-ethyl adjacent to an activating group) is 1. The van der Waals surface area contributed by atoms with Crippen LogP contribution in [0.5, 0.6) is 0 Å². The van der Waals surface area contributed by atoms with Crippen molar-refractivity contribution in [3.8, 4) is 0 Å². The summed E-state index contributed by atoms with van der Waals surface area (Å²) in [7, 11) is 0. The Balaban J connectivity index is 1.59. The first-order valence-corrected chi connectivity index (χ1v) is 7.67. The summed E-state index contributed by atoms with van der Waals surface area (Å²) >= 11 is 0. The molecule has 2 aliphatic heterocycles. The molecule has 2 heterocycles. The van der Waals surface area contributed by atoms with Crippen molar-refractivity contribution in [3.05, 3.63) is 29.3 Å². The Morgan fingerprint density at radius 2 is 2.40 bits per heavy atom. The highest BCUT2D eigenvalue weighted by Gasteiger charge is 2.23. The predicted molar refractivity (Wildman–Crippen MR) is 81.2 cm³/mol. The van der Waals surface area contributed by atoms with Gasteiger partial charge in [-0.1, -0.05) is 6.92 Å². The van der Waals surface area contributed by atoms with Crippen LogP contribution in [0, 0.1) is 0 Å². The van der Waals surface area contributed by atoms with E-state index in [1.54, 1.807) is 0 Å². The standard InChI is InChI=1S/C16H23N3O/c1-2-19-9-3-4-14(19)11-18-16(20)13-5-6-15-12(10-13)7-8-17-15/h5-6,10,14,17H,2-4,7-9,11H2,1H3,(H,18,20). The van der Waals surface area contributed by atoms with Crippen molar-refractivity contribution >= 4 is 11.6 Å². The van der Waals surface area contributed by atoms with Gasteiger partial charge in [0, 0.05) is 30.4 Å². The normalized spacial score (nSPS) is 21.6. The Labute approximate surface area is 120 Å². The summed E-state index contributed by atoms with van der Waals surface area (Å²) in [6.45, 7) is 6.18. The van der Waals surface area contributed by atoms with Gasteiger partial charge in [-0.25, -0.2) is 0 Å². The summed E-state index contributed by atoms with van der Waals surface area (Å²) in [5.41, 5.74) is 3.22. The Kier molecular flexibility index (Phi) is 3.92. The maximum Gasteiger partial charge on any atom is 0.251 e. The van der Waals surface area contributed by atoms with E-state index < -0.39 is 0 Å². The molecule has 4 nitrogen and oxygen atoms in total. The van der Waals surface area contributed by atoms with E-state index >= 15 is 0 Å². The molecule has 108 valence electrons. The number of hydrogen-bond donors (Lipinski definition) is 2. The van der Waals surface area contributed by atoms with Crippen LogP contribution in [0.15, 0.2) is 18.2 Å². The van der Waals surface area contributed by atoms with Gasteiger partial charge in [0.15, 0.2) is 0 Å². The topological polar surface area (TPSA) is 44.4 Å². The van der Waals surface area contributed by atoms with Gasteiger partial charge in [-0.2, -0.15) is 0 Å². The molecule has 1 atom stereocenters. The Morgan fingerprint density at radius 3 is 3.25 bits per heavy atom. The number of nitrogens with zero attached hydrogens (tertiary/aromatic N) is 1. The Bertz CT molecular complexity index is 500. The number of amides is 1. The molecule has 4 heteroatoms. The summed E-state index contributed by atoms with van der Waals surface area (Å²) in [6, 6.07) is 6.47. The number of fused-ring (bicyclic) bond motifs is 1. The van der Waals surface area contributed by atoms with Crippen molar-refractivity contribution < 1.29 is 4.79 Å². The molecular formula is C16H23N3O. The molecule has 0 bridgehead atoms. The maximum atomic E-state index is 12.2. The van der Waals surface area contributed by atoms with Gasteiger partial charge < -0.3 is 10.6 Å². The largest absolute Gasteiger partial charge is 0.384 e. The number of carbonyl (C=O) groups is 1. The molecule has 1 saturated heterocycles. The van der Waals surface area contributed by atoms with E-state index in [-0.39, 0.29) is 5.91 Å². The van der Waals surface area contributed by atoms with E-state index in [9.17, 15) is 4.79 Å². The summed E-state index contributed by atoms with van der Waals surface area (Å²) in [5, 5.41) is 6.41. The van der Waals surface area contributed by atoms with E-state index in [0.29, 0.717) is 6.04 Å².